The second-order valence-electron chi connectivity index (χ2n) is 6.93. The number of carbonyl (C=O) groups excluding carboxylic acids is 1. The molecule has 0 radical (unpaired) electrons. The van der Waals surface area contributed by atoms with Gasteiger partial charge >= 0.3 is 0 Å². The van der Waals surface area contributed by atoms with Gasteiger partial charge in [0.1, 0.15) is 18.5 Å². The largest absolute Gasteiger partial charge is 0.470 e. The number of aromatic nitrogens is 2. The van der Waals surface area contributed by atoms with Crippen LogP contribution in [0.25, 0.3) is 0 Å². The highest BCUT2D eigenvalue weighted by molar-refractivity contribution is 5.98. The van der Waals surface area contributed by atoms with Crippen LogP contribution in [0.1, 0.15) is 35.7 Å². The fourth-order valence-electron chi connectivity index (χ4n) is 3.55. The first kappa shape index (κ1) is 19.3. The van der Waals surface area contributed by atoms with E-state index >= 15 is 0 Å². The first-order valence-electron chi connectivity index (χ1n) is 9.23. The van der Waals surface area contributed by atoms with Gasteiger partial charge in [-0.25, -0.2) is 9.02 Å². The number of piperidine rings is 1. The molecule has 0 bridgehead atoms. The Balaban J connectivity index is 1.45. The minimum atomic E-state index is -0.515. The van der Waals surface area contributed by atoms with Crippen molar-refractivity contribution in [3.8, 4) is 5.88 Å². The third-order valence-corrected chi connectivity index (χ3v) is 5.16. The van der Waals surface area contributed by atoms with Crippen LogP contribution in [0.5, 0.6) is 5.88 Å². The van der Waals surface area contributed by atoms with Gasteiger partial charge in [0, 0.05) is 25.9 Å². The van der Waals surface area contributed by atoms with Crippen molar-refractivity contribution in [3.05, 3.63) is 40.8 Å². The summed E-state index contributed by atoms with van der Waals surface area (Å²) in [5, 5.41) is 26.0. The van der Waals surface area contributed by atoms with Crippen LogP contribution in [0.3, 0.4) is 0 Å². The summed E-state index contributed by atoms with van der Waals surface area (Å²) in [6.45, 7) is 0.391. The number of amides is 1. The summed E-state index contributed by atoms with van der Waals surface area (Å²) in [4.78, 5) is 17.5. The summed E-state index contributed by atoms with van der Waals surface area (Å²) >= 11 is 0. The van der Waals surface area contributed by atoms with E-state index in [1.54, 1.807) is 11.0 Å². The molecule has 1 aromatic heterocycles. The lowest BCUT2D eigenvalue weighted by Crippen LogP contribution is -2.43. The molecule has 2 heterocycles. The van der Waals surface area contributed by atoms with Crippen molar-refractivity contribution >= 4 is 11.7 Å². The van der Waals surface area contributed by atoms with Gasteiger partial charge in [0.2, 0.25) is 11.6 Å². The number of rotatable bonds is 5. The molecule has 2 aromatic rings. The molecule has 0 unspecified atom stereocenters. The Labute approximate surface area is 164 Å². The zero-order chi connectivity index (χ0) is 20.4. The number of hydroxylamine groups is 1. The second kappa shape index (κ2) is 8.13. The second-order valence-corrected chi connectivity index (χ2v) is 6.93. The van der Waals surface area contributed by atoms with Crippen LogP contribution in [0.4, 0.5) is 4.39 Å². The molecule has 0 saturated carbocycles. The molecule has 11 heteroatoms. The van der Waals surface area contributed by atoms with Crippen LogP contribution in [-0.2, 0) is 11.2 Å². The Hall–Kier alpha value is -3.05. The molecule has 2 aliphatic rings. The lowest BCUT2D eigenvalue weighted by atomic mass is 9.83. The predicted octanol–water partition coefficient (Wildman–Crippen LogP) is 0.594. The van der Waals surface area contributed by atoms with Crippen molar-refractivity contribution in [2.75, 3.05) is 19.7 Å². The van der Waals surface area contributed by atoms with Crippen LogP contribution in [0.15, 0.2) is 27.8 Å². The first-order chi connectivity index (χ1) is 14.1. The molecular formula is C18H20FN5O5. The number of amidine groups is 1. The highest BCUT2D eigenvalue weighted by Crippen LogP contribution is 2.37. The summed E-state index contributed by atoms with van der Waals surface area (Å²) in [6.07, 6.45) is 1.47. The van der Waals surface area contributed by atoms with Crippen LogP contribution in [0, 0.1) is 5.82 Å². The molecule has 1 aromatic carbocycles. The van der Waals surface area contributed by atoms with Gasteiger partial charge in [0.15, 0.2) is 5.84 Å². The van der Waals surface area contributed by atoms with E-state index in [4.69, 9.17) is 14.5 Å². The molecular weight excluding hydrogens is 385 g/mol. The molecule has 1 fully saturated rings. The van der Waals surface area contributed by atoms with Crippen molar-refractivity contribution in [2.24, 2.45) is 4.99 Å². The number of carbonyl (C=O) groups is 1. The van der Waals surface area contributed by atoms with Crippen molar-refractivity contribution in [2.45, 2.75) is 31.4 Å². The smallest absolute Gasteiger partial charge is 0.287 e. The summed E-state index contributed by atoms with van der Waals surface area (Å²) in [6, 6.07) is 4.20. The van der Waals surface area contributed by atoms with E-state index < -0.39 is 6.61 Å². The van der Waals surface area contributed by atoms with E-state index in [0.717, 1.165) is 11.1 Å². The van der Waals surface area contributed by atoms with Crippen LogP contribution < -0.4 is 10.2 Å². The van der Waals surface area contributed by atoms with Crippen molar-refractivity contribution in [1.82, 2.24) is 20.7 Å². The summed E-state index contributed by atoms with van der Waals surface area (Å²) < 4.78 is 24.0. The predicted molar refractivity (Wildman–Crippen MR) is 95.9 cm³/mol. The molecule has 3 N–H and O–H groups in total. The standard InChI is InChI=1S/C18H20FN5O5/c19-11-2-1-10-7-14(13(10)8-11)20-17(21-27)16-18(23-29-22-16)28-12-3-5-24(6-4-12)15(26)9-25/h1-2,8,12,14,25,27H,3-7,9H2,(H,20,21)/t14-/m0/s1. The zero-order valence-electron chi connectivity index (χ0n) is 15.4. The number of hydrogen-bond acceptors (Lipinski definition) is 8. The van der Waals surface area contributed by atoms with Gasteiger partial charge in [-0.3, -0.25) is 20.5 Å². The molecule has 1 amide bonds. The number of fused-ring (bicyclic) bond motifs is 1. The SMILES string of the molecule is O=C(CO)N1CCC(Oc2nonc2C(=N[C@H]2Cc3ccc(F)cc32)NO)CC1. The summed E-state index contributed by atoms with van der Waals surface area (Å²) in [7, 11) is 0. The highest BCUT2D eigenvalue weighted by Gasteiger charge is 2.30. The Kier molecular flexibility index (Phi) is 5.41. The average Bonchev–Trinajstić information content (AvgIpc) is 3.18. The van der Waals surface area contributed by atoms with Crippen LogP contribution >= 0.6 is 0 Å². The lowest BCUT2D eigenvalue weighted by molar-refractivity contribution is -0.135. The van der Waals surface area contributed by atoms with E-state index in [1.807, 2.05) is 5.48 Å². The first-order valence-corrected chi connectivity index (χ1v) is 9.23. The number of nitrogens with one attached hydrogen (secondary N) is 1. The van der Waals surface area contributed by atoms with E-state index in [2.05, 4.69) is 15.3 Å². The average molecular weight is 405 g/mol. The normalized spacial score (nSPS) is 19.5. The Morgan fingerprint density at radius 1 is 1.38 bits per heavy atom. The number of aliphatic hydroxyl groups is 1. The number of benzene rings is 1. The maximum atomic E-state index is 13.5. The van der Waals surface area contributed by atoms with Gasteiger partial charge in [-0.15, -0.1) is 0 Å². The quantitative estimate of drug-likeness (QED) is 0.374. The topological polar surface area (TPSA) is 133 Å². The number of nitrogens with zero attached hydrogens (tertiary/aromatic N) is 4. The summed E-state index contributed by atoms with van der Waals surface area (Å²) in [5.41, 5.74) is 3.84. The maximum absolute atomic E-state index is 13.5. The third-order valence-electron chi connectivity index (χ3n) is 5.16. The number of halogens is 1. The fourth-order valence-corrected chi connectivity index (χ4v) is 3.55. The molecule has 1 aliphatic carbocycles. The Morgan fingerprint density at radius 2 is 2.17 bits per heavy atom. The molecule has 10 nitrogen and oxygen atoms in total. The maximum Gasteiger partial charge on any atom is 0.287 e. The van der Waals surface area contributed by atoms with Gasteiger partial charge in [0.25, 0.3) is 5.88 Å². The van der Waals surface area contributed by atoms with Crippen molar-refractivity contribution in [3.63, 3.8) is 0 Å². The zero-order valence-corrected chi connectivity index (χ0v) is 15.4. The monoisotopic (exact) mass is 405 g/mol. The number of aliphatic imine (C=N–C) groups is 1. The van der Waals surface area contributed by atoms with Gasteiger partial charge in [-0.2, -0.15) is 0 Å². The lowest BCUT2D eigenvalue weighted by Gasteiger charge is -2.31. The Morgan fingerprint density at radius 3 is 2.90 bits per heavy atom. The minimum Gasteiger partial charge on any atom is -0.470 e. The van der Waals surface area contributed by atoms with Crippen molar-refractivity contribution in [1.29, 1.82) is 0 Å². The van der Waals surface area contributed by atoms with Gasteiger partial charge < -0.3 is 14.7 Å². The fraction of sp³-hybridized carbons (Fsp3) is 0.444. The molecule has 1 saturated heterocycles. The molecule has 0 spiro atoms. The minimum absolute atomic E-state index is 0.00838. The van der Waals surface area contributed by atoms with Crippen molar-refractivity contribution < 1.29 is 28.9 Å². The number of hydrogen-bond donors (Lipinski definition) is 3. The van der Waals surface area contributed by atoms with Gasteiger partial charge in [-0.05, 0) is 40.0 Å². The van der Waals surface area contributed by atoms with E-state index in [1.165, 1.54) is 12.1 Å². The molecule has 4 rings (SSSR count). The summed E-state index contributed by atoms with van der Waals surface area (Å²) in [5.74, 6) is -0.589. The molecule has 29 heavy (non-hydrogen) atoms. The van der Waals surface area contributed by atoms with Crippen LogP contribution in [0.2, 0.25) is 0 Å². The molecule has 154 valence electrons. The molecule has 1 aliphatic heterocycles. The van der Waals surface area contributed by atoms with E-state index in [0.29, 0.717) is 32.4 Å². The van der Waals surface area contributed by atoms with Gasteiger partial charge in [0.05, 0.1) is 6.04 Å². The van der Waals surface area contributed by atoms with Crippen LogP contribution in [-0.4, -0.2) is 63.1 Å². The van der Waals surface area contributed by atoms with E-state index in [-0.39, 0.29) is 41.3 Å². The van der Waals surface area contributed by atoms with Gasteiger partial charge in [-0.1, -0.05) is 6.07 Å². The Bertz CT molecular complexity index is 925. The number of ether oxygens (including phenoxy) is 1. The number of aliphatic hydroxyl groups excluding tert-OH is 1. The third kappa shape index (κ3) is 3.91. The highest BCUT2D eigenvalue weighted by atomic mass is 19.1. The molecule has 1 atom stereocenters. The van der Waals surface area contributed by atoms with E-state index in [9.17, 15) is 14.4 Å². The number of likely N-dealkylation sites (tertiary alicyclic amines) is 1.